The Morgan fingerprint density at radius 3 is 2.50 bits per heavy atom. The first-order chi connectivity index (χ1) is 7.88. The average molecular weight is 235 g/mol. The Hall–Kier alpha value is -0.890. The minimum Gasteiger partial charge on any atom is -0.490 e. The maximum absolute atomic E-state index is 5.46. The van der Waals surface area contributed by atoms with E-state index < -0.39 is 0 Å². The zero-order valence-electron chi connectivity index (χ0n) is 9.65. The SMILES string of the molecule is C=CCOc1ccc(C[S+]2CCCC2)cc1. The van der Waals surface area contributed by atoms with Gasteiger partial charge in [0.1, 0.15) is 29.6 Å². The van der Waals surface area contributed by atoms with Gasteiger partial charge in [0.15, 0.2) is 0 Å². The highest BCUT2D eigenvalue weighted by atomic mass is 32.2. The fourth-order valence-corrected chi connectivity index (χ4v) is 4.31. The minimum atomic E-state index is 0.587. The summed E-state index contributed by atoms with van der Waals surface area (Å²) in [5.41, 5.74) is 1.45. The van der Waals surface area contributed by atoms with Gasteiger partial charge in [-0.15, -0.1) is 0 Å². The molecular weight excluding hydrogens is 216 g/mol. The van der Waals surface area contributed by atoms with Gasteiger partial charge < -0.3 is 4.74 Å². The van der Waals surface area contributed by atoms with Gasteiger partial charge in [0, 0.05) is 5.56 Å². The van der Waals surface area contributed by atoms with Crippen LogP contribution in [0.25, 0.3) is 0 Å². The van der Waals surface area contributed by atoms with Gasteiger partial charge in [0.25, 0.3) is 0 Å². The molecular formula is C14H19OS+. The Morgan fingerprint density at radius 1 is 1.19 bits per heavy atom. The summed E-state index contributed by atoms with van der Waals surface area (Å²) in [4.78, 5) is 0. The highest BCUT2D eigenvalue weighted by Gasteiger charge is 2.23. The molecule has 0 saturated carbocycles. The van der Waals surface area contributed by atoms with E-state index in [0.717, 1.165) is 5.75 Å². The molecule has 0 spiro atoms. The van der Waals surface area contributed by atoms with Gasteiger partial charge in [0.05, 0.1) is 0 Å². The van der Waals surface area contributed by atoms with Crippen molar-refractivity contribution in [1.82, 2.24) is 0 Å². The number of hydrogen-bond donors (Lipinski definition) is 0. The van der Waals surface area contributed by atoms with E-state index in [9.17, 15) is 0 Å². The molecule has 0 atom stereocenters. The van der Waals surface area contributed by atoms with Crippen LogP contribution in [0.2, 0.25) is 0 Å². The van der Waals surface area contributed by atoms with Gasteiger partial charge >= 0.3 is 0 Å². The molecule has 1 saturated heterocycles. The molecule has 1 nitrogen and oxygen atoms in total. The molecule has 1 aliphatic rings. The van der Waals surface area contributed by atoms with Crippen LogP contribution in [-0.4, -0.2) is 18.1 Å². The van der Waals surface area contributed by atoms with Crippen molar-refractivity contribution in [3.8, 4) is 5.75 Å². The van der Waals surface area contributed by atoms with Crippen molar-refractivity contribution in [2.24, 2.45) is 0 Å². The first-order valence-corrected chi connectivity index (χ1v) is 7.58. The van der Waals surface area contributed by atoms with Crippen LogP contribution in [0.3, 0.4) is 0 Å². The van der Waals surface area contributed by atoms with Crippen LogP contribution in [-0.2, 0) is 16.6 Å². The Morgan fingerprint density at radius 2 is 1.88 bits per heavy atom. The number of ether oxygens (including phenoxy) is 1. The summed E-state index contributed by atoms with van der Waals surface area (Å²) in [5.74, 6) is 5.09. The van der Waals surface area contributed by atoms with E-state index in [-0.39, 0.29) is 0 Å². The standard InChI is InChI=1S/C14H19OS/c1-2-9-15-14-7-5-13(6-8-14)12-16-10-3-4-11-16/h2,5-8H,1,3-4,9-12H2/q+1. The molecule has 0 unspecified atom stereocenters. The van der Waals surface area contributed by atoms with Crippen molar-refractivity contribution >= 4 is 10.9 Å². The molecule has 0 aliphatic carbocycles. The van der Waals surface area contributed by atoms with Crippen LogP contribution >= 0.6 is 0 Å². The molecule has 86 valence electrons. The third kappa shape index (κ3) is 3.31. The van der Waals surface area contributed by atoms with E-state index in [2.05, 4.69) is 30.8 Å². The summed E-state index contributed by atoms with van der Waals surface area (Å²) in [6, 6.07) is 8.53. The molecule has 0 radical (unpaired) electrons. The maximum atomic E-state index is 5.46. The summed E-state index contributed by atoms with van der Waals surface area (Å²) in [5, 5.41) is 0. The second-order valence-corrected chi connectivity index (χ2v) is 6.45. The van der Waals surface area contributed by atoms with E-state index in [4.69, 9.17) is 4.74 Å². The normalized spacial score (nSPS) is 16.2. The molecule has 2 rings (SSSR count). The fourth-order valence-electron chi connectivity index (χ4n) is 1.93. The summed E-state index contributed by atoms with van der Waals surface area (Å²) in [6.45, 7) is 4.22. The zero-order chi connectivity index (χ0) is 11.2. The Balaban J connectivity index is 1.88. The molecule has 1 aliphatic heterocycles. The first-order valence-electron chi connectivity index (χ1n) is 5.85. The van der Waals surface area contributed by atoms with Crippen molar-refractivity contribution in [3.05, 3.63) is 42.5 Å². The summed E-state index contributed by atoms with van der Waals surface area (Å²) < 4.78 is 5.46. The predicted molar refractivity (Wildman–Crippen MR) is 72.2 cm³/mol. The van der Waals surface area contributed by atoms with Crippen molar-refractivity contribution in [3.63, 3.8) is 0 Å². The van der Waals surface area contributed by atoms with E-state index in [1.54, 1.807) is 6.08 Å². The zero-order valence-corrected chi connectivity index (χ0v) is 10.5. The largest absolute Gasteiger partial charge is 0.490 e. The van der Waals surface area contributed by atoms with Crippen molar-refractivity contribution in [2.75, 3.05) is 18.1 Å². The second kappa shape index (κ2) is 6.00. The third-order valence-corrected chi connectivity index (χ3v) is 5.25. The molecule has 1 fully saturated rings. The lowest BCUT2D eigenvalue weighted by molar-refractivity contribution is 0.363. The van der Waals surface area contributed by atoms with E-state index >= 15 is 0 Å². The topological polar surface area (TPSA) is 9.23 Å². The molecule has 0 aromatic heterocycles. The van der Waals surface area contributed by atoms with Gasteiger partial charge in [-0.3, -0.25) is 0 Å². The lowest BCUT2D eigenvalue weighted by atomic mass is 10.2. The van der Waals surface area contributed by atoms with Crippen LogP contribution < -0.4 is 4.74 Å². The second-order valence-electron chi connectivity index (χ2n) is 4.12. The van der Waals surface area contributed by atoms with Crippen LogP contribution in [0.4, 0.5) is 0 Å². The summed E-state index contributed by atoms with van der Waals surface area (Å²) >= 11 is 0. The first kappa shape index (κ1) is 11.6. The van der Waals surface area contributed by atoms with Crippen LogP contribution in [0.5, 0.6) is 5.75 Å². The van der Waals surface area contributed by atoms with E-state index in [0.29, 0.717) is 17.5 Å². The smallest absolute Gasteiger partial charge is 0.133 e. The average Bonchev–Trinajstić information content (AvgIpc) is 2.81. The molecule has 1 aromatic carbocycles. The van der Waals surface area contributed by atoms with Crippen LogP contribution in [0.1, 0.15) is 18.4 Å². The predicted octanol–water partition coefficient (Wildman–Crippen LogP) is 3.16. The maximum Gasteiger partial charge on any atom is 0.133 e. The summed E-state index contributed by atoms with van der Waals surface area (Å²) in [6.07, 6.45) is 4.64. The van der Waals surface area contributed by atoms with E-state index in [1.807, 2.05) is 0 Å². The highest BCUT2D eigenvalue weighted by Crippen LogP contribution is 2.20. The van der Waals surface area contributed by atoms with Crippen LogP contribution in [0, 0.1) is 0 Å². The van der Waals surface area contributed by atoms with Crippen molar-refractivity contribution in [1.29, 1.82) is 0 Å². The fraction of sp³-hybridized carbons (Fsp3) is 0.429. The van der Waals surface area contributed by atoms with Gasteiger partial charge in [-0.25, -0.2) is 0 Å². The Kier molecular flexibility index (Phi) is 4.34. The molecule has 1 heterocycles. The molecule has 0 N–H and O–H groups in total. The number of benzene rings is 1. The lowest BCUT2D eigenvalue weighted by Gasteiger charge is -2.05. The van der Waals surface area contributed by atoms with Crippen molar-refractivity contribution < 1.29 is 4.74 Å². The van der Waals surface area contributed by atoms with E-state index in [1.165, 1.54) is 35.7 Å². The van der Waals surface area contributed by atoms with Gasteiger partial charge in [-0.1, -0.05) is 24.8 Å². The number of hydrogen-bond acceptors (Lipinski definition) is 1. The Bertz CT molecular complexity index is 325. The van der Waals surface area contributed by atoms with Gasteiger partial charge in [-0.05, 0) is 35.9 Å². The highest BCUT2D eigenvalue weighted by molar-refractivity contribution is 7.96. The van der Waals surface area contributed by atoms with Gasteiger partial charge in [0.2, 0.25) is 0 Å². The lowest BCUT2D eigenvalue weighted by Crippen LogP contribution is -2.06. The molecule has 1 aromatic rings. The van der Waals surface area contributed by atoms with Crippen molar-refractivity contribution in [2.45, 2.75) is 18.6 Å². The molecule has 16 heavy (non-hydrogen) atoms. The minimum absolute atomic E-state index is 0.587. The molecule has 0 bridgehead atoms. The van der Waals surface area contributed by atoms with Gasteiger partial charge in [-0.2, -0.15) is 0 Å². The quantitative estimate of drug-likeness (QED) is 0.562. The molecule has 2 heteroatoms. The summed E-state index contributed by atoms with van der Waals surface area (Å²) in [7, 11) is 0.653. The Labute approximate surface area is 101 Å². The third-order valence-electron chi connectivity index (χ3n) is 2.78. The monoisotopic (exact) mass is 235 g/mol. The number of rotatable bonds is 5. The molecule has 0 amide bonds. The van der Waals surface area contributed by atoms with Crippen LogP contribution in [0.15, 0.2) is 36.9 Å².